The van der Waals surface area contributed by atoms with Crippen LogP contribution in [0.1, 0.15) is 71.6 Å². The standard InChI is InChI=1S/C19H36NO10P/c1-3-5-6-7-8-9-11-17(22)20-16(19(24)25)14-30-31(26,27)29-13-15(21)12-28-18(23)10-4-2/h15-16,21H,3-14H2,1-2H3,(H,20,22)(H,24,25)(H,26,27). The fraction of sp³-hybridized carbons (Fsp3) is 0.842. The molecule has 0 aliphatic carbocycles. The summed E-state index contributed by atoms with van der Waals surface area (Å²) < 4.78 is 25.8. The second-order valence-electron chi connectivity index (χ2n) is 7.12. The summed E-state index contributed by atoms with van der Waals surface area (Å²) in [6.45, 7) is 1.99. The third kappa shape index (κ3) is 16.8. The van der Waals surface area contributed by atoms with Gasteiger partial charge in [0.2, 0.25) is 5.91 Å². The van der Waals surface area contributed by atoms with Gasteiger partial charge in [-0.1, -0.05) is 46.0 Å². The Hall–Kier alpha value is -1.52. The van der Waals surface area contributed by atoms with Gasteiger partial charge in [-0.05, 0) is 12.8 Å². The number of carboxylic acid groups (broad SMARTS) is 1. The minimum Gasteiger partial charge on any atom is -0.480 e. The lowest BCUT2D eigenvalue weighted by atomic mass is 10.1. The molecule has 0 spiro atoms. The molecule has 0 saturated heterocycles. The SMILES string of the molecule is CCCCCCCCC(=O)NC(COP(=O)(O)OCC(O)COC(=O)CCC)C(=O)O. The molecule has 3 unspecified atom stereocenters. The Morgan fingerprint density at radius 2 is 1.52 bits per heavy atom. The van der Waals surface area contributed by atoms with Crippen molar-refractivity contribution < 1.29 is 47.8 Å². The molecule has 0 saturated carbocycles. The predicted molar refractivity (Wildman–Crippen MR) is 111 cm³/mol. The van der Waals surface area contributed by atoms with Crippen molar-refractivity contribution in [3.05, 3.63) is 0 Å². The molecule has 0 heterocycles. The van der Waals surface area contributed by atoms with E-state index in [1.54, 1.807) is 6.92 Å². The third-order valence-corrected chi connectivity index (χ3v) is 5.07. The molecular weight excluding hydrogens is 433 g/mol. The van der Waals surface area contributed by atoms with E-state index in [9.17, 15) is 34.1 Å². The van der Waals surface area contributed by atoms with E-state index in [0.717, 1.165) is 32.1 Å². The van der Waals surface area contributed by atoms with Gasteiger partial charge in [-0.2, -0.15) is 0 Å². The number of nitrogens with one attached hydrogen (secondary N) is 1. The molecule has 0 aliphatic heterocycles. The first kappa shape index (κ1) is 29.5. The summed E-state index contributed by atoms with van der Waals surface area (Å²) in [5.41, 5.74) is 0. The minimum absolute atomic E-state index is 0.145. The van der Waals surface area contributed by atoms with Gasteiger partial charge in [0, 0.05) is 12.8 Å². The quantitative estimate of drug-likeness (QED) is 0.125. The Kier molecular flexibility index (Phi) is 16.2. The number of carbonyl (C=O) groups is 3. The summed E-state index contributed by atoms with van der Waals surface area (Å²) in [6, 6.07) is -1.53. The van der Waals surface area contributed by atoms with Crippen molar-refractivity contribution in [2.45, 2.75) is 83.8 Å². The van der Waals surface area contributed by atoms with Crippen LogP contribution in [0.25, 0.3) is 0 Å². The maximum atomic E-state index is 11.9. The van der Waals surface area contributed by atoms with Crippen LogP contribution >= 0.6 is 7.82 Å². The van der Waals surface area contributed by atoms with Crippen LogP contribution in [0.2, 0.25) is 0 Å². The number of phosphoric ester groups is 1. The largest absolute Gasteiger partial charge is 0.480 e. The zero-order valence-electron chi connectivity index (χ0n) is 18.3. The Bertz CT molecular complexity index is 586. The summed E-state index contributed by atoms with van der Waals surface area (Å²) in [6.07, 6.45) is 5.35. The number of aliphatic hydroxyl groups is 1. The zero-order chi connectivity index (χ0) is 23.7. The number of ether oxygens (including phenoxy) is 1. The van der Waals surface area contributed by atoms with Gasteiger partial charge >= 0.3 is 19.8 Å². The summed E-state index contributed by atoms with van der Waals surface area (Å²) in [5.74, 6) is -2.45. The summed E-state index contributed by atoms with van der Waals surface area (Å²) in [7, 11) is -4.70. The van der Waals surface area contributed by atoms with Crippen LogP contribution in [0.5, 0.6) is 0 Å². The van der Waals surface area contributed by atoms with Gasteiger partial charge < -0.3 is 25.2 Å². The molecule has 3 atom stereocenters. The third-order valence-electron chi connectivity index (χ3n) is 4.12. The van der Waals surface area contributed by atoms with Crippen LogP contribution < -0.4 is 5.32 Å². The molecule has 0 radical (unpaired) electrons. The van der Waals surface area contributed by atoms with Crippen molar-refractivity contribution in [1.29, 1.82) is 0 Å². The highest BCUT2D eigenvalue weighted by molar-refractivity contribution is 7.47. The van der Waals surface area contributed by atoms with E-state index >= 15 is 0 Å². The van der Waals surface area contributed by atoms with Crippen molar-refractivity contribution in [3.8, 4) is 0 Å². The van der Waals surface area contributed by atoms with Crippen molar-refractivity contribution in [1.82, 2.24) is 5.32 Å². The van der Waals surface area contributed by atoms with Crippen LogP contribution in [-0.4, -0.2) is 64.9 Å². The van der Waals surface area contributed by atoms with E-state index in [4.69, 9.17) is 4.74 Å². The van der Waals surface area contributed by atoms with Gasteiger partial charge in [0.25, 0.3) is 0 Å². The minimum atomic E-state index is -4.70. The van der Waals surface area contributed by atoms with E-state index in [1.165, 1.54) is 0 Å². The van der Waals surface area contributed by atoms with Crippen LogP contribution in [0.3, 0.4) is 0 Å². The number of aliphatic carboxylic acids is 1. The molecule has 0 aromatic carbocycles. The summed E-state index contributed by atoms with van der Waals surface area (Å²) >= 11 is 0. The molecular formula is C19H36NO10P. The number of rotatable bonds is 19. The Morgan fingerprint density at radius 1 is 0.903 bits per heavy atom. The fourth-order valence-electron chi connectivity index (χ4n) is 2.41. The number of carboxylic acids is 1. The molecule has 12 heteroatoms. The van der Waals surface area contributed by atoms with Crippen molar-refractivity contribution in [3.63, 3.8) is 0 Å². The van der Waals surface area contributed by atoms with Crippen LogP contribution in [-0.2, 0) is 32.7 Å². The van der Waals surface area contributed by atoms with Crippen molar-refractivity contribution in [2.75, 3.05) is 19.8 Å². The Labute approximate surface area is 183 Å². The number of amides is 1. The Morgan fingerprint density at radius 3 is 2.13 bits per heavy atom. The molecule has 4 N–H and O–H groups in total. The summed E-state index contributed by atoms with van der Waals surface area (Å²) in [5, 5.41) is 21.0. The average Bonchev–Trinajstić information content (AvgIpc) is 2.70. The van der Waals surface area contributed by atoms with E-state index < -0.39 is 57.6 Å². The molecule has 0 aromatic rings. The molecule has 0 rings (SSSR count). The van der Waals surface area contributed by atoms with Crippen molar-refractivity contribution >= 4 is 25.7 Å². The van der Waals surface area contributed by atoms with E-state index in [1.807, 2.05) is 0 Å². The first-order valence-corrected chi connectivity index (χ1v) is 12.1. The number of hydrogen-bond donors (Lipinski definition) is 4. The predicted octanol–water partition coefficient (Wildman–Crippen LogP) is 2.14. The maximum Gasteiger partial charge on any atom is 0.472 e. The highest BCUT2D eigenvalue weighted by Gasteiger charge is 2.28. The highest BCUT2D eigenvalue weighted by atomic mass is 31.2. The fourth-order valence-corrected chi connectivity index (χ4v) is 3.18. The van der Waals surface area contributed by atoms with Crippen LogP contribution in [0.4, 0.5) is 0 Å². The zero-order valence-corrected chi connectivity index (χ0v) is 19.2. The molecule has 0 bridgehead atoms. The number of phosphoric acid groups is 1. The smallest absolute Gasteiger partial charge is 0.472 e. The van der Waals surface area contributed by atoms with Gasteiger partial charge in [0.05, 0.1) is 13.2 Å². The molecule has 0 aliphatic rings. The van der Waals surface area contributed by atoms with E-state index in [0.29, 0.717) is 12.8 Å². The Balaban J connectivity index is 4.27. The number of hydrogen-bond acceptors (Lipinski definition) is 8. The lowest BCUT2D eigenvalue weighted by Gasteiger charge is -2.18. The second kappa shape index (κ2) is 17.1. The number of carbonyl (C=O) groups excluding carboxylic acids is 2. The highest BCUT2D eigenvalue weighted by Crippen LogP contribution is 2.43. The van der Waals surface area contributed by atoms with Crippen LogP contribution in [0.15, 0.2) is 0 Å². The topological polar surface area (TPSA) is 169 Å². The molecule has 31 heavy (non-hydrogen) atoms. The normalized spacial score (nSPS) is 15.0. The first-order chi connectivity index (χ1) is 14.6. The molecule has 0 aromatic heterocycles. The monoisotopic (exact) mass is 469 g/mol. The molecule has 1 amide bonds. The van der Waals surface area contributed by atoms with Crippen LogP contribution in [0, 0.1) is 0 Å². The van der Waals surface area contributed by atoms with Gasteiger partial charge in [0.1, 0.15) is 12.7 Å². The number of unbranched alkanes of at least 4 members (excludes halogenated alkanes) is 5. The maximum absolute atomic E-state index is 11.9. The molecule has 11 nitrogen and oxygen atoms in total. The van der Waals surface area contributed by atoms with Crippen molar-refractivity contribution in [2.24, 2.45) is 0 Å². The van der Waals surface area contributed by atoms with Gasteiger partial charge in [-0.25, -0.2) is 9.36 Å². The number of aliphatic hydroxyl groups excluding tert-OH is 1. The summed E-state index contributed by atoms with van der Waals surface area (Å²) in [4.78, 5) is 44.0. The van der Waals surface area contributed by atoms with E-state index in [2.05, 4.69) is 21.3 Å². The number of esters is 1. The first-order valence-electron chi connectivity index (χ1n) is 10.6. The van der Waals surface area contributed by atoms with Gasteiger partial charge in [-0.3, -0.25) is 18.6 Å². The average molecular weight is 469 g/mol. The van der Waals surface area contributed by atoms with Gasteiger partial charge in [-0.15, -0.1) is 0 Å². The molecule has 0 fully saturated rings. The molecule has 182 valence electrons. The second-order valence-corrected chi connectivity index (χ2v) is 8.58. The van der Waals surface area contributed by atoms with Gasteiger partial charge in [0.15, 0.2) is 6.04 Å². The van der Waals surface area contributed by atoms with E-state index in [-0.39, 0.29) is 12.8 Å². The lowest BCUT2D eigenvalue weighted by molar-refractivity contribution is -0.147. The lowest BCUT2D eigenvalue weighted by Crippen LogP contribution is -2.43.